The highest BCUT2D eigenvalue weighted by Crippen LogP contribution is 2.21. The molecule has 7 heteroatoms. The maximum atomic E-state index is 12.5. The second-order valence-corrected chi connectivity index (χ2v) is 6.09. The topological polar surface area (TPSA) is 53.8 Å². The van der Waals surface area contributed by atoms with Gasteiger partial charge in [-0.05, 0) is 30.3 Å². The lowest BCUT2D eigenvalue weighted by Gasteiger charge is -2.34. The molecule has 1 saturated heterocycles. The maximum absolute atomic E-state index is 12.5. The Morgan fingerprint density at radius 3 is 2.00 bits per heavy atom. The van der Waals surface area contributed by atoms with E-state index in [1.165, 1.54) is 6.26 Å². The van der Waals surface area contributed by atoms with Crippen molar-refractivity contribution >= 4 is 35.0 Å². The molecule has 120 valence electrons. The Morgan fingerprint density at radius 1 is 0.913 bits per heavy atom. The zero-order chi connectivity index (χ0) is 16.4. The molecule has 0 spiro atoms. The Hall–Kier alpha value is -1.98. The Kier molecular flexibility index (Phi) is 4.59. The molecule has 2 heterocycles. The molecule has 1 aliphatic rings. The highest BCUT2D eigenvalue weighted by Gasteiger charge is 2.26. The van der Waals surface area contributed by atoms with Crippen LogP contribution in [0.2, 0.25) is 10.0 Å². The second kappa shape index (κ2) is 6.64. The van der Waals surface area contributed by atoms with Crippen LogP contribution in [-0.4, -0.2) is 47.8 Å². The van der Waals surface area contributed by atoms with Crippen LogP contribution in [-0.2, 0) is 0 Å². The van der Waals surface area contributed by atoms with E-state index in [1.807, 2.05) is 0 Å². The lowest BCUT2D eigenvalue weighted by atomic mass is 10.1. The van der Waals surface area contributed by atoms with Gasteiger partial charge in [0.2, 0.25) is 0 Å². The van der Waals surface area contributed by atoms with Gasteiger partial charge in [0, 0.05) is 41.8 Å². The van der Waals surface area contributed by atoms with Crippen LogP contribution in [0, 0.1) is 0 Å². The molecule has 1 fully saturated rings. The van der Waals surface area contributed by atoms with E-state index >= 15 is 0 Å². The molecule has 2 aromatic rings. The smallest absolute Gasteiger partial charge is 0.289 e. The van der Waals surface area contributed by atoms with Gasteiger partial charge in [0.15, 0.2) is 5.76 Å². The average molecular weight is 353 g/mol. The van der Waals surface area contributed by atoms with Gasteiger partial charge >= 0.3 is 0 Å². The predicted octanol–water partition coefficient (Wildman–Crippen LogP) is 3.18. The SMILES string of the molecule is O=C(c1cc(Cl)cc(Cl)c1)N1CCN(C(=O)c2ccco2)CC1. The van der Waals surface area contributed by atoms with Crippen LogP contribution in [0.15, 0.2) is 41.0 Å². The predicted molar refractivity (Wildman–Crippen MR) is 87.0 cm³/mol. The van der Waals surface area contributed by atoms with E-state index in [2.05, 4.69) is 0 Å². The maximum Gasteiger partial charge on any atom is 0.289 e. The molecule has 0 aliphatic carbocycles. The normalized spacial score (nSPS) is 14.9. The average Bonchev–Trinajstić information content (AvgIpc) is 3.07. The minimum atomic E-state index is -0.159. The first-order valence-electron chi connectivity index (χ1n) is 7.13. The molecule has 1 aliphatic heterocycles. The number of nitrogens with zero attached hydrogens (tertiary/aromatic N) is 2. The fraction of sp³-hybridized carbons (Fsp3) is 0.250. The summed E-state index contributed by atoms with van der Waals surface area (Å²) in [6.07, 6.45) is 1.47. The number of hydrogen-bond acceptors (Lipinski definition) is 3. The zero-order valence-electron chi connectivity index (χ0n) is 12.2. The van der Waals surface area contributed by atoms with E-state index in [9.17, 15) is 9.59 Å². The molecule has 0 N–H and O–H groups in total. The van der Waals surface area contributed by atoms with E-state index in [-0.39, 0.29) is 11.8 Å². The van der Waals surface area contributed by atoms with Gasteiger partial charge in [-0.1, -0.05) is 23.2 Å². The van der Waals surface area contributed by atoms with Crippen molar-refractivity contribution in [1.29, 1.82) is 0 Å². The number of halogens is 2. The first kappa shape index (κ1) is 15.9. The first-order chi connectivity index (χ1) is 11.0. The van der Waals surface area contributed by atoms with Gasteiger partial charge in [0.25, 0.3) is 11.8 Å². The molecular formula is C16H14Cl2N2O3. The van der Waals surface area contributed by atoms with Crippen molar-refractivity contribution in [2.45, 2.75) is 0 Å². The summed E-state index contributed by atoms with van der Waals surface area (Å²) in [4.78, 5) is 28.0. The summed E-state index contributed by atoms with van der Waals surface area (Å²) in [5, 5.41) is 0.847. The minimum absolute atomic E-state index is 0.139. The number of carbonyl (C=O) groups excluding carboxylic acids is 2. The highest BCUT2D eigenvalue weighted by atomic mass is 35.5. The van der Waals surface area contributed by atoms with E-state index in [1.54, 1.807) is 40.1 Å². The summed E-state index contributed by atoms with van der Waals surface area (Å²) in [7, 11) is 0. The van der Waals surface area contributed by atoms with Gasteiger partial charge in [-0.3, -0.25) is 9.59 Å². The van der Waals surface area contributed by atoms with Crippen LogP contribution < -0.4 is 0 Å². The van der Waals surface area contributed by atoms with Gasteiger partial charge < -0.3 is 14.2 Å². The number of rotatable bonds is 2. The third-order valence-corrected chi connectivity index (χ3v) is 4.13. The van der Waals surface area contributed by atoms with E-state index in [0.717, 1.165) is 0 Å². The van der Waals surface area contributed by atoms with Crippen LogP contribution in [0.3, 0.4) is 0 Å². The van der Waals surface area contributed by atoms with Crippen molar-refractivity contribution in [3.8, 4) is 0 Å². The van der Waals surface area contributed by atoms with Crippen LogP contribution in [0.1, 0.15) is 20.9 Å². The van der Waals surface area contributed by atoms with Crippen molar-refractivity contribution < 1.29 is 14.0 Å². The van der Waals surface area contributed by atoms with Crippen molar-refractivity contribution in [2.24, 2.45) is 0 Å². The van der Waals surface area contributed by atoms with Gasteiger partial charge in [0.05, 0.1) is 6.26 Å². The van der Waals surface area contributed by atoms with Crippen molar-refractivity contribution in [2.75, 3.05) is 26.2 Å². The van der Waals surface area contributed by atoms with Gasteiger partial charge in [-0.15, -0.1) is 0 Å². The van der Waals surface area contributed by atoms with Crippen molar-refractivity contribution in [3.63, 3.8) is 0 Å². The molecule has 1 aromatic carbocycles. The van der Waals surface area contributed by atoms with Crippen LogP contribution in [0.25, 0.3) is 0 Å². The molecule has 23 heavy (non-hydrogen) atoms. The molecule has 1 aromatic heterocycles. The first-order valence-corrected chi connectivity index (χ1v) is 7.88. The Bertz CT molecular complexity index is 703. The zero-order valence-corrected chi connectivity index (χ0v) is 13.7. The van der Waals surface area contributed by atoms with E-state index in [4.69, 9.17) is 27.6 Å². The van der Waals surface area contributed by atoms with Crippen molar-refractivity contribution in [1.82, 2.24) is 9.80 Å². The summed E-state index contributed by atoms with van der Waals surface area (Å²) < 4.78 is 5.12. The van der Waals surface area contributed by atoms with Crippen LogP contribution in [0.5, 0.6) is 0 Å². The fourth-order valence-corrected chi connectivity index (χ4v) is 3.05. The summed E-state index contributed by atoms with van der Waals surface area (Å²) >= 11 is 11.9. The molecule has 0 saturated carbocycles. The summed E-state index contributed by atoms with van der Waals surface area (Å²) in [6, 6.07) is 8.08. The third kappa shape index (κ3) is 3.51. The Balaban J connectivity index is 1.64. The molecule has 0 atom stereocenters. The Labute approximate surface area is 143 Å². The number of hydrogen-bond donors (Lipinski definition) is 0. The van der Waals surface area contributed by atoms with E-state index in [0.29, 0.717) is 47.5 Å². The highest BCUT2D eigenvalue weighted by molar-refractivity contribution is 6.35. The summed E-state index contributed by atoms with van der Waals surface area (Å²) in [6.45, 7) is 1.82. The fourth-order valence-electron chi connectivity index (χ4n) is 2.53. The van der Waals surface area contributed by atoms with E-state index < -0.39 is 0 Å². The molecule has 0 radical (unpaired) electrons. The summed E-state index contributed by atoms with van der Waals surface area (Å²) in [5.41, 5.74) is 0.452. The minimum Gasteiger partial charge on any atom is -0.459 e. The van der Waals surface area contributed by atoms with Gasteiger partial charge in [0.1, 0.15) is 0 Å². The lowest BCUT2D eigenvalue weighted by Crippen LogP contribution is -2.50. The third-order valence-electron chi connectivity index (χ3n) is 3.70. The molecular weight excluding hydrogens is 339 g/mol. The number of piperazine rings is 1. The number of amides is 2. The molecule has 2 amide bonds. The Morgan fingerprint density at radius 2 is 1.48 bits per heavy atom. The summed E-state index contributed by atoms with van der Waals surface area (Å²) in [5.74, 6) is 0.0128. The quantitative estimate of drug-likeness (QED) is 0.833. The molecule has 5 nitrogen and oxygen atoms in total. The number of furan rings is 1. The molecule has 0 bridgehead atoms. The van der Waals surface area contributed by atoms with Crippen LogP contribution >= 0.6 is 23.2 Å². The largest absolute Gasteiger partial charge is 0.459 e. The standard InChI is InChI=1S/C16H14Cl2N2O3/c17-12-8-11(9-13(18)10-12)15(21)19-3-5-20(6-4-19)16(22)14-2-1-7-23-14/h1-2,7-10H,3-6H2. The second-order valence-electron chi connectivity index (χ2n) is 5.22. The molecule has 3 rings (SSSR count). The lowest BCUT2D eigenvalue weighted by molar-refractivity contribution is 0.0518. The molecule has 0 unspecified atom stereocenters. The monoisotopic (exact) mass is 352 g/mol. The van der Waals surface area contributed by atoms with Gasteiger partial charge in [-0.25, -0.2) is 0 Å². The van der Waals surface area contributed by atoms with Gasteiger partial charge in [-0.2, -0.15) is 0 Å². The number of benzene rings is 1. The van der Waals surface area contributed by atoms with Crippen LogP contribution in [0.4, 0.5) is 0 Å². The number of carbonyl (C=O) groups is 2. The van der Waals surface area contributed by atoms with Crippen molar-refractivity contribution in [3.05, 3.63) is 58.0 Å².